The van der Waals surface area contributed by atoms with Crippen LogP contribution in [-0.2, 0) is 0 Å². The molecule has 12 heteroatoms. The molecule has 6 rings (SSSR count). The van der Waals surface area contributed by atoms with E-state index in [0.29, 0.717) is 29.6 Å². The summed E-state index contributed by atoms with van der Waals surface area (Å²) >= 11 is 0. The smallest absolute Gasteiger partial charge is 0.279 e. The van der Waals surface area contributed by atoms with Gasteiger partial charge in [0.2, 0.25) is 0 Å². The number of amides is 2. The first kappa shape index (κ1) is 21.4. The lowest BCUT2D eigenvalue weighted by atomic mass is 9.98. The highest BCUT2D eigenvalue weighted by molar-refractivity contribution is 6.02. The van der Waals surface area contributed by atoms with Crippen molar-refractivity contribution < 1.29 is 14.1 Å². The van der Waals surface area contributed by atoms with E-state index in [9.17, 15) is 9.59 Å². The average molecular weight is 476 g/mol. The molecule has 0 aromatic carbocycles. The number of aromatic nitrogens is 7. The summed E-state index contributed by atoms with van der Waals surface area (Å²) in [6.07, 6.45) is 4.77. The van der Waals surface area contributed by atoms with Gasteiger partial charge < -0.3 is 14.7 Å². The molecule has 1 aliphatic heterocycles. The highest BCUT2D eigenvalue weighted by Gasteiger charge is 2.33. The largest absolute Gasteiger partial charge is 0.360 e. The fraction of sp³-hybridized carbons (Fsp3) is 0.435. The molecule has 35 heavy (non-hydrogen) atoms. The quantitative estimate of drug-likeness (QED) is 0.448. The van der Waals surface area contributed by atoms with E-state index in [1.165, 1.54) is 0 Å². The van der Waals surface area contributed by atoms with E-state index in [1.54, 1.807) is 21.5 Å². The number of hydrogen-bond donors (Lipinski definition) is 2. The van der Waals surface area contributed by atoms with E-state index >= 15 is 0 Å². The Morgan fingerprint density at radius 3 is 2.80 bits per heavy atom. The molecule has 1 atom stereocenters. The van der Waals surface area contributed by atoms with Gasteiger partial charge in [0.05, 0.1) is 23.1 Å². The lowest BCUT2D eigenvalue weighted by Gasteiger charge is -2.34. The Hall–Kier alpha value is -4.09. The Bertz CT molecular complexity index is 1430. The Labute approximate surface area is 200 Å². The van der Waals surface area contributed by atoms with Gasteiger partial charge in [-0.15, -0.1) is 10.2 Å². The number of fused-ring (bicyclic) bond motifs is 1. The number of hydrogen-bond acceptors (Lipinski definition) is 8. The molecule has 4 aromatic heterocycles. The predicted molar refractivity (Wildman–Crippen MR) is 123 cm³/mol. The number of anilines is 1. The van der Waals surface area contributed by atoms with Gasteiger partial charge in [0.15, 0.2) is 22.9 Å². The van der Waals surface area contributed by atoms with Crippen LogP contribution < -0.4 is 5.32 Å². The van der Waals surface area contributed by atoms with Crippen LogP contribution in [0.4, 0.5) is 5.82 Å². The van der Waals surface area contributed by atoms with Gasteiger partial charge in [0.25, 0.3) is 11.8 Å². The van der Waals surface area contributed by atoms with Crippen molar-refractivity contribution in [3.05, 3.63) is 52.4 Å². The normalized spacial score (nSPS) is 18.2. The first-order valence-electron chi connectivity index (χ1n) is 11.8. The van der Waals surface area contributed by atoms with Gasteiger partial charge in [-0.05, 0) is 46.0 Å². The number of likely N-dealkylation sites (tertiary alicyclic amines) is 1. The van der Waals surface area contributed by atoms with Crippen molar-refractivity contribution in [3.63, 3.8) is 0 Å². The van der Waals surface area contributed by atoms with Crippen molar-refractivity contribution in [2.75, 3.05) is 11.9 Å². The van der Waals surface area contributed by atoms with Gasteiger partial charge in [-0.2, -0.15) is 10.2 Å². The lowest BCUT2D eigenvalue weighted by Crippen LogP contribution is -2.39. The molecule has 4 aromatic rings. The van der Waals surface area contributed by atoms with Crippen molar-refractivity contribution in [1.29, 1.82) is 0 Å². The van der Waals surface area contributed by atoms with Crippen LogP contribution in [0.5, 0.6) is 0 Å². The third-order valence-electron chi connectivity index (χ3n) is 6.63. The van der Waals surface area contributed by atoms with Gasteiger partial charge >= 0.3 is 0 Å². The molecule has 180 valence electrons. The zero-order valence-corrected chi connectivity index (χ0v) is 19.5. The summed E-state index contributed by atoms with van der Waals surface area (Å²) in [5.74, 6) is 0.899. The molecule has 0 bridgehead atoms. The van der Waals surface area contributed by atoms with Crippen LogP contribution in [0, 0.1) is 13.8 Å². The van der Waals surface area contributed by atoms with Crippen LogP contribution >= 0.6 is 0 Å². The van der Waals surface area contributed by atoms with Crippen molar-refractivity contribution in [3.8, 4) is 0 Å². The van der Waals surface area contributed by atoms with Crippen molar-refractivity contribution in [2.45, 2.75) is 57.9 Å². The predicted octanol–water partition coefficient (Wildman–Crippen LogP) is 2.95. The van der Waals surface area contributed by atoms with Gasteiger partial charge in [-0.3, -0.25) is 14.7 Å². The van der Waals surface area contributed by atoms with Crippen LogP contribution in [-0.4, -0.2) is 58.4 Å². The maximum atomic E-state index is 13.5. The molecule has 2 fully saturated rings. The highest BCUT2D eigenvalue weighted by atomic mass is 16.5. The molecular weight excluding hydrogens is 450 g/mol. The molecule has 2 amide bonds. The second-order valence-electron chi connectivity index (χ2n) is 9.25. The second kappa shape index (κ2) is 8.29. The number of nitrogens with zero attached hydrogens (tertiary/aromatic N) is 7. The fourth-order valence-electron chi connectivity index (χ4n) is 4.62. The Morgan fingerprint density at radius 2 is 1.97 bits per heavy atom. The third kappa shape index (κ3) is 3.94. The highest BCUT2D eigenvalue weighted by Crippen LogP contribution is 2.40. The Balaban J connectivity index is 1.21. The summed E-state index contributed by atoms with van der Waals surface area (Å²) < 4.78 is 6.92. The van der Waals surface area contributed by atoms with Gasteiger partial charge in [0, 0.05) is 30.7 Å². The molecule has 12 nitrogen and oxygen atoms in total. The van der Waals surface area contributed by atoms with Gasteiger partial charge in [-0.1, -0.05) is 5.16 Å². The summed E-state index contributed by atoms with van der Waals surface area (Å²) in [6.45, 7) is 4.28. The van der Waals surface area contributed by atoms with Crippen molar-refractivity contribution >= 4 is 23.3 Å². The van der Waals surface area contributed by atoms with Gasteiger partial charge in [0.1, 0.15) is 5.76 Å². The minimum atomic E-state index is -0.385. The topological polar surface area (TPSA) is 147 Å². The fourth-order valence-corrected chi connectivity index (χ4v) is 4.62. The number of H-pyrrole nitrogens is 1. The van der Waals surface area contributed by atoms with Crippen molar-refractivity contribution in [1.82, 2.24) is 40.1 Å². The molecule has 2 N–H and O–H groups in total. The zero-order chi connectivity index (χ0) is 24.1. The molecule has 1 unspecified atom stereocenters. The minimum Gasteiger partial charge on any atom is -0.360 e. The van der Waals surface area contributed by atoms with E-state index < -0.39 is 0 Å². The molecule has 1 saturated carbocycles. The van der Waals surface area contributed by atoms with Crippen LogP contribution in [0.1, 0.15) is 87.9 Å². The van der Waals surface area contributed by atoms with Crippen LogP contribution in [0.2, 0.25) is 0 Å². The first-order chi connectivity index (χ1) is 17.0. The molecule has 5 heterocycles. The summed E-state index contributed by atoms with van der Waals surface area (Å²) in [5.41, 5.74) is 3.31. The first-order valence-corrected chi connectivity index (χ1v) is 11.8. The van der Waals surface area contributed by atoms with E-state index in [2.05, 4.69) is 36.0 Å². The summed E-state index contributed by atoms with van der Waals surface area (Å²) in [7, 11) is 0. The summed E-state index contributed by atoms with van der Waals surface area (Å²) in [6, 6.07) is 5.04. The number of aromatic amines is 1. The third-order valence-corrected chi connectivity index (χ3v) is 6.63. The standard InChI is InChI=1S/C23H25N9O3/c1-12-9-20-27-28-21(13(2)32(20)29-12)23(34)31-8-4-3-5-17(31)15-11-19(26-25-15)24-22(33)16-10-18(35-30-16)14-6-7-14/h9-11,14,17H,3-8H2,1-2H3,(H2,24,25,26,33). The van der Waals surface area contributed by atoms with Crippen LogP contribution in [0.15, 0.2) is 22.7 Å². The van der Waals surface area contributed by atoms with Gasteiger partial charge in [-0.25, -0.2) is 4.52 Å². The molecule has 1 aliphatic carbocycles. The Kier molecular flexibility index (Phi) is 5.08. The van der Waals surface area contributed by atoms with E-state index in [1.807, 2.05) is 19.9 Å². The number of nitrogens with one attached hydrogen (secondary N) is 2. The molecule has 0 spiro atoms. The number of carbonyl (C=O) groups is 2. The van der Waals surface area contributed by atoms with E-state index in [0.717, 1.165) is 49.3 Å². The summed E-state index contributed by atoms with van der Waals surface area (Å²) in [4.78, 5) is 27.9. The SMILES string of the molecule is Cc1cc2nnc(C(=O)N3CCCCC3c3cc(NC(=O)c4cc(C5CC5)on4)n[nH]3)c(C)n2n1. The molecular formula is C23H25N9O3. The maximum Gasteiger partial charge on any atom is 0.279 e. The molecule has 0 radical (unpaired) electrons. The monoisotopic (exact) mass is 475 g/mol. The Morgan fingerprint density at radius 1 is 1.11 bits per heavy atom. The van der Waals surface area contributed by atoms with Crippen LogP contribution in [0.3, 0.4) is 0 Å². The van der Waals surface area contributed by atoms with E-state index in [4.69, 9.17) is 4.52 Å². The molecule has 1 saturated heterocycles. The number of rotatable bonds is 5. The number of carbonyl (C=O) groups excluding carboxylic acids is 2. The van der Waals surface area contributed by atoms with Crippen molar-refractivity contribution in [2.24, 2.45) is 0 Å². The summed E-state index contributed by atoms with van der Waals surface area (Å²) in [5, 5.41) is 26.7. The number of piperidine rings is 1. The zero-order valence-electron chi connectivity index (χ0n) is 19.5. The van der Waals surface area contributed by atoms with E-state index in [-0.39, 0.29) is 29.2 Å². The number of aryl methyl sites for hydroxylation is 2. The minimum absolute atomic E-state index is 0.204. The molecule has 2 aliphatic rings. The lowest BCUT2D eigenvalue weighted by molar-refractivity contribution is 0.0596. The average Bonchev–Trinajstić information content (AvgIpc) is 3.23. The second-order valence-corrected chi connectivity index (χ2v) is 9.25. The van der Waals surface area contributed by atoms with Crippen LogP contribution in [0.25, 0.3) is 5.65 Å². The maximum absolute atomic E-state index is 13.5.